The van der Waals surface area contributed by atoms with E-state index < -0.39 is 5.41 Å². The summed E-state index contributed by atoms with van der Waals surface area (Å²) >= 11 is 1.46. The third-order valence-electron chi connectivity index (χ3n) is 6.45. The summed E-state index contributed by atoms with van der Waals surface area (Å²) in [6.07, 6.45) is 5.26. The highest BCUT2D eigenvalue weighted by Crippen LogP contribution is 2.47. The van der Waals surface area contributed by atoms with E-state index in [0.717, 1.165) is 41.2 Å². The number of nitriles is 1. The first-order valence-corrected chi connectivity index (χ1v) is 12.6. The van der Waals surface area contributed by atoms with Gasteiger partial charge in [0.1, 0.15) is 5.03 Å². The maximum Gasteiger partial charge on any atom is 0.255 e. The van der Waals surface area contributed by atoms with Crippen LogP contribution in [0.1, 0.15) is 41.6 Å². The monoisotopic (exact) mass is 494 g/mol. The smallest absolute Gasteiger partial charge is 0.255 e. The highest BCUT2D eigenvalue weighted by atomic mass is 32.2. The summed E-state index contributed by atoms with van der Waals surface area (Å²) < 4.78 is 1.65. The Morgan fingerprint density at radius 3 is 2.67 bits per heavy atom. The van der Waals surface area contributed by atoms with Gasteiger partial charge in [-0.2, -0.15) is 10.4 Å². The van der Waals surface area contributed by atoms with Gasteiger partial charge in [0.2, 0.25) is 5.91 Å². The third kappa shape index (κ3) is 4.55. The van der Waals surface area contributed by atoms with Crippen LogP contribution in [-0.4, -0.2) is 26.4 Å². The molecule has 0 spiro atoms. The molecule has 2 heterocycles. The number of hydrogen-bond donors (Lipinski definition) is 2. The van der Waals surface area contributed by atoms with Gasteiger partial charge in [0.05, 0.1) is 17.7 Å². The largest absolute Gasteiger partial charge is 0.322 e. The number of aromatic nitrogens is 3. The summed E-state index contributed by atoms with van der Waals surface area (Å²) in [6.45, 7) is 0. The Morgan fingerprint density at radius 2 is 1.89 bits per heavy atom. The van der Waals surface area contributed by atoms with E-state index in [-0.39, 0.29) is 17.7 Å². The van der Waals surface area contributed by atoms with E-state index in [1.54, 1.807) is 16.8 Å². The lowest BCUT2D eigenvalue weighted by molar-refractivity contribution is -0.117. The number of rotatable bonds is 7. The van der Waals surface area contributed by atoms with Crippen LogP contribution in [0, 0.1) is 17.2 Å². The molecule has 0 radical (unpaired) electrons. The lowest BCUT2D eigenvalue weighted by Gasteiger charge is -2.10. The van der Waals surface area contributed by atoms with Crippen LogP contribution in [0.15, 0.2) is 76.8 Å². The Labute approximate surface area is 211 Å². The van der Waals surface area contributed by atoms with Crippen LogP contribution >= 0.6 is 11.8 Å². The fraction of sp³-hybridized carbons (Fsp3) is 0.222. The Kier molecular flexibility index (Phi) is 5.46. The van der Waals surface area contributed by atoms with Gasteiger partial charge in [0.15, 0.2) is 11.5 Å². The van der Waals surface area contributed by atoms with Gasteiger partial charge in [-0.3, -0.25) is 9.59 Å². The molecule has 4 aromatic rings. The van der Waals surface area contributed by atoms with Crippen LogP contribution in [0.25, 0.3) is 5.65 Å². The number of imidazole rings is 1. The Balaban J connectivity index is 1.15. The molecule has 2 N–H and O–H groups in total. The minimum Gasteiger partial charge on any atom is -0.322 e. The predicted molar refractivity (Wildman–Crippen MR) is 136 cm³/mol. The van der Waals surface area contributed by atoms with Gasteiger partial charge in [-0.25, -0.2) is 9.50 Å². The summed E-state index contributed by atoms with van der Waals surface area (Å²) in [6, 6.07) is 21.0. The third-order valence-corrected chi connectivity index (χ3v) is 7.37. The van der Waals surface area contributed by atoms with E-state index in [1.807, 2.05) is 54.6 Å². The second-order valence-corrected chi connectivity index (χ2v) is 10.3. The van der Waals surface area contributed by atoms with Crippen molar-refractivity contribution < 1.29 is 9.59 Å². The van der Waals surface area contributed by atoms with Crippen molar-refractivity contribution in [3.63, 3.8) is 0 Å². The summed E-state index contributed by atoms with van der Waals surface area (Å²) in [5.41, 5.74) is 2.32. The van der Waals surface area contributed by atoms with Crippen LogP contribution in [0.3, 0.4) is 0 Å². The molecular formula is C27H22N6O2S. The molecule has 2 saturated carbocycles. The number of nitrogens with zero attached hydrogens (tertiary/aromatic N) is 4. The van der Waals surface area contributed by atoms with Crippen molar-refractivity contribution in [2.45, 2.75) is 41.0 Å². The molecule has 8 nitrogen and oxygen atoms in total. The molecule has 2 aliphatic rings. The maximum absolute atomic E-state index is 12.9. The summed E-state index contributed by atoms with van der Waals surface area (Å²) in [4.78, 5) is 30.2. The molecule has 0 unspecified atom stereocenters. The average molecular weight is 495 g/mol. The number of hydrogen-bond acceptors (Lipinski definition) is 6. The van der Waals surface area contributed by atoms with Gasteiger partial charge in [0.25, 0.3) is 5.91 Å². The minimum atomic E-state index is -0.431. The molecule has 2 fully saturated rings. The van der Waals surface area contributed by atoms with Crippen molar-refractivity contribution in [3.8, 4) is 6.07 Å². The van der Waals surface area contributed by atoms with E-state index in [0.29, 0.717) is 22.7 Å². The Bertz CT molecular complexity index is 1550. The van der Waals surface area contributed by atoms with Crippen LogP contribution in [0.2, 0.25) is 0 Å². The highest BCUT2D eigenvalue weighted by Gasteiger charge is 2.45. The highest BCUT2D eigenvalue weighted by molar-refractivity contribution is 7.99. The molecule has 0 bridgehead atoms. The van der Waals surface area contributed by atoms with Crippen molar-refractivity contribution >= 4 is 40.7 Å². The van der Waals surface area contributed by atoms with Gasteiger partial charge in [0, 0.05) is 22.1 Å². The van der Waals surface area contributed by atoms with Gasteiger partial charge in [-0.1, -0.05) is 30.0 Å². The minimum absolute atomic E-state index is 0.00991. The molecule has 6 rings (SSSR count). The summed E-state index contributed by atoms with van der Waals surface area (Å²) in [5.74, 6) is 0.401. The Morgan fingerprint density at radius 1 is 1.06 bits per heavy atom. The van der Waals surface area contributed by atoms with Crippen LogP contribution in [0.4, 0.5) is 11.5 Å². The number of fused-ring (bicyclic) bond motifs is 1. The number of amides is 2. The molecule has 0 saturated heterocycles. The van der Waals surface area contributed by atoms with Crippen molar-refractivity contribution in [2.24, 2.45) is 5.92 Å². The first-order chi connectivity index (χ1) is 17.5. The van der Waals surface area contributed by atoms with Gasteiger partial charge in [-0.05, 0) is 73.7 Å². The summed E-state index contributed by atoms with van der Waals surface area (Å²) in [7, 11) is 0. The second-order valence-electron chi connectivity index (χ2n) is 9.22. The zero-order chi connectivity index (χ0) is 24.7. The molecule has 178 valence electrons. The molecule has 2 aromatic carbocycles. The van der Waals surface area contributed by atoms with Crippen LogP contribution < -0.4 is 10.6 Å². The van der Waals surface area contributed by atoms with Crippen molar-refractivity contribution in [3.05, 3.63) is 78.0 Å². The van der Waals surface area contributed by atoms with E-state index in [1.165, 1.54) is 11.8 Å². The van der Waals surface area contributed by atoms with E-state index in [9.17, 15) is 14.9 Å². The van der Waals surface area contributed by atoms with E-state index >= 15 is 0 Å². The SMILES string of the molecule is N#CC1(c2cccc(C(=O)Nc3cccc(Sc4ccc5nc(NC(=O)C6CC6)cn5n4)c3)c2)CC1. The number of carbonyl (C=O) groups excluding carboxylic acids is 2. The first kappa shape index (κ1) is 22.3. The summed E-state index contributed by atoms with van der Waals surface area (Å²) in [5, 5.41) is 20.6. The zero-order valence-electron chi connectivity index (χ0n) is 19.3. The first-order valence-electron chi connectivity index (χ1n) is 11.8. The quantitative estimate of drug-likeness (QED) is 0.372. The van der Waals surface area contributed by atoms with E-state index in [4.69, 9.17) is 0 Å². The van der Waals surface area contributed by atoms with Crippen molar-refractivity contribution in [2.75, 3.05) is 10.6 Å². The lowest BCUT2D eigenvalue weighted by Crippen LogP contribution is -2.13. The molecule has 2 aromatic heterocycles. The number of carbonyl (C=O) groups is 2. The van der Waals surface area contributed by atoms with Crippen LogP contribution in [-0.2, 0) is 10.2 Å². The number of anilines is 2. The standard InChI is InChI=1S/C27H22N6O2S/c28-16-27(11-12-27)19-4-1-3-18(13-19)26(35)29-20-5-2-6-21(14-20)36-24-10-9-23-30-22(15-33(23)32-24)31-25(34)17-7-8-17/h1-6,9-10,13-15,17H,7-8,11-12H2,(H,29,35)(H,31,34). The molecule has 9 heteroatoms. The maximum atomic E-state index is 12.9. The normalized spacial score (nSPS) is 15.8. The molecule has 0 atom stereocenters. The van der Waals surface area contributed by atoms with Gasteiger partial charge >= 0.3 is 0 Å². The molecule has 2 aliphatic carbocycles. The predicted octanol–water partition coefficient (Wildman–Crippen LogP) is 5.04. The Hall–Kier alpha value is -4.16. The second kappa shape index (κ2) is 8.81. The number of nitrogens with one attached hydrogen (secondary N) is 2. The van der Waals surface area contributed by atoms with Gasteiger partial charge in [-0.15, -0.1) is 0 Å². The topological polar surface area (TPSA) is 112 Å². The average Bonchev–Trinajstić information content (AvgIpc) is 3.81. The molecule has 0 aliphatic heterocycles. The van der Waals surface area contributed by atoms with Crippen molar-refractivity contribution in [1.29, 1.82) is 5.26 Å². The molecule has 36 heavy (non-hydrogen) atoms. The molecular weight excluding hydrogens is 472 g/mol. The fourth-order valence-electron chi connectivity index (χ4n) is 4.06. The fourth-order valence-corrected chi connectivity index (χ4v) is 4.90. The molecule has 2 amide bonds. The number of benzene rings is 2. The zero-order valence-corrected chi connectivity index (χ0v) is 20.1. The van der Waals surface area contributed by atoms with E-state index in [2.05, 4.69) is 26.8 Å². The van der Waals surface area contributed by atoms with Crippen LogP contribution in [0.5, 0.6) is 0 Å². The van der Waals surface area contributed by atoms with Gasteiger partial charge < -0.3 is 10.6 Å². The lowest BCUT2D eigenvalue weighted by atomic mass is 9.96. The van der Waals surface area contributed by atoms with Crippen molar-refractivity contribution in [1.82, 2.24) is 14.6 Å².